The maximum absolute atomic E-state index is 11.8. The summed E-state index contributed by atoms with van der Waals surface area (Å²) in [6, 6.07) is 17.9. The minimum Gasteiger partial charge on any atom is -0.465 e. The molecule has 0 heterocycles. The van der Waals surface area contributed by atoms with E-state index in [2.05, 4.69) is 0 Å². The van der Waals surface area contributed by atoms with Crippen LogP contribution in [0.25, 0.3) is 16.7 Å². The molecule has 0 aliphatic heterocycles. The van der Waals surface area contributed by atoms with Crippen LogP contribution >= 0.6 is 0 Å². The summed E-state index contributed by atoms with van der Waals surface area (Å²) in [4.78, 5) is 11.8. The molecule has 0 saturated heterocycles. The summed E-state index contributed by atoms with van der Waals surface area (Å²) in [6.45, 7) is 1.84. The number of hydrogen-bond donors (Lipinski definition) is 0. The van der Waals surface area contributed by atoms with E-state index in [4.69, 9.17) is 4.74 Å². The van der Waals surface area contributed by atoms with Crippen molar-refractivity contribution in [2.75, 3.05) is 7.11 Å². The summed E-state index contributed by atoms with van der Waals surface area (Å²) in [5.41, 5.74) is 3.59. The van der Waals surface area contributed by atoms with Crippen LogP contribution < -0.4 is 0 Å². The number of allylic oxidation sites excluding steroid dienone is 1. The molecule has 0 unspecified atom stereocenters. The Hall–Kier alpha value is -2.35. The lowest BCUT2D eigenvalue weighted by Gasteiger charge is -2.11. The van der Waals surface area contributed by atoms with Gasteiger partial charge in [0.2, 0.25) is 0 Å². The fourth-order valence-electron chi connectivity index (χ4n) is 2.08. The summed E-state index contributed by atoms with van der Waals surface area (Å²) in [7, 11) is 1.40. The third kappa shape index (κ3) is 2.74. The van der Waals surface area contributed by atoms with Crippen LogP contribution in [0.3, 0.4) is 0 Å². The molecule has 0 radical (unpaired) electrons. The number of benzene rings is 2. The van der Waals surface area contributed by atoms with Crippen molar-refractivity contribution in [2.45, 2.75) is 6.92 Å². The zero-order chi connectivity index (χ0) is 13.7. The zero-order valence-corrected chi connectivity index (χ0v) is 11.1. The Kier molecular flexibility index (Phi) is 4.14. The van der Waals surface area contributed by atoms with E-state index in [0.29, 0.717) is 5.57 Å². The lowest BCUT2D eigenvalue weighted by molar-refractivity contribution is -0.133. The summed E-state index contributed by atoms with van der Waals surface area (Å²) in [5, 5.41) is 0. The third-order valence-corrected chi connectivity index (χ3v) is 3.00. The SMILES string of the molecule is CC=C(C(=O)OC)c1ccccc1-c1ccccc1. The molecule has 0 atom stereocenters. The standard InChI is InChI=1S/C17H16O2/c1-3-14(17(18)19-2)16-12-8-7-11-15(16)13-9-5-4-6-10-13/h3-12H,1-2H3. The number of rotatable bonds is 3. The number of ether oxygens (including phenoxy) is 1. The summed E-state index contributed by atoms with van der Waals surface area (Å²) < 4.78 is 4.84. The van der Waals surface area contributed by atoms with Crippen molar-refractivity contribution in [3.8, 4) is 11.1 Å². The van der Waals surface area contributed by atoms with E-state index < -0.39 is 0 Å². The van der Waals surface area contributed by atoms with Gasteiger partial charge in [-0.2, -0.15) is 0 Å². The highest BCUT2D eigenvalue weighted by Gasteiger charge is 2.15. The van der Waals surface area contributed by atoms with Crippen molar-refractivity contribution >= 4 is 11.5 Å². The van der Waals surface area contributed by atoms with Gasteiger partial charge in [-0.15, -0.1) is 0 Å². The predicted octanol–water partition coefficient (Wildman–Crippen LogP) is 3.93. The molecule has 2 aromatic carbocycles. The first kappa shape index (κ1) is 13.1. The van der Waals surface area contributed by atoms with Gasteiger partial charge in [-0.1, -0.05) is 60.7 Å². The van der Waals surface area contributed by atoms with Gasteiger partial charge in [0.15, 0.2) is 0 Å². The first-order chi connectivity index (χ1) is 9.27. The van der Waals surface area contributed by atoms with Crippen molar-refractivity contribution in [1.29, 1.82) is 0 Å². The summed E-state index contributed by atoms with van der Waals surface area (Å²) >= 11 is 0. The van der Waals surface area contributed by atoms with Crippen molar-refractivity contribution in [3.05, 3.63) is 66.2 Å². The van der Waals surface area contributed by atoms with Gasteiger partial charge in [-0.05, 0) is 23.6 Å². The molecule has 0 fully saturated rings. The molecule has 19 heavy (non-hydrogen) atoms. The van der Waals surface area contributed by atoms with E-state index in [9.17, 15) is 4.79 Å². The minimum absolute atomic E-state index is 0.314. The zero-order valence-electron chi connectivity index (χ0n) is 11.1. The van der Waals surface area contributed by atoms with Gasteiger partial charge in [0.1, 0.15) is 0 Å². The monoisotopic (exact) mass is 252 g/mol. The molecule has 2 heteroatoms. The largest absolute Gasteiger partial charge is 0.465 e. The molecular formula is C17H16O2. The van der Waals surface area contributed by atoms with E-state index >= 15 is 0 Å². The minimum atomic E-state index is -0.314. The molecule has 2 nitrogen and oxygen atoms in total. The van der Waals surface area contributed by atoms with Crippen LogP contribution in [0.5, 0.6) is 0 Å². The Morgan fingerprint density at radius 1 is 1.00 bits per heavy atom. The fraction of sp³-hybridized carbons (Fsp3) is 0.118. The van der Waals surface area contributed by atoms with Gasteiger partial charge in [0.25, 0.3) is 0 Å². The van der Waals surface area contributed by atoms with E-state index in [0.717, 1.165) is 16.7 Å². The number of carbonyl (C=O) groups is 1. The highest BCUT2D eigenvalue weighted by atomic mass is 16.5. The van der Waals surface area contributed by atoms with Crippen molar-refractivity contribution in [1.82, 2.24) is 0 Å². The quantitative estimate of drug-likeness (QED) is 0.611. The highest BCUT2D eigenvalue weighted by Crippen LogP contribution is 2.29. The molecule has 0 aromatic heterocycles. The second-order valence-electron chi connectivity index (χ2n) is 4.11. The van der Waals surface area contributed by atoms with Gasteiger partial charge >= 0.3 is 5.97 Å². The normalized spacial score (nSPS) is 11.2. The van der Waals surface area contributed by atoms with Crippen LogP contribution in [0.1, 0.15) is 12.5 Å². The molecule has 0 spiro atoms. The summed E-state index contributed by atoms with van der Waals surface area (Å²) in [6.07, 6.45) is 1.79. The molecule has 0 aliphatic carbocycles. The van der Waals surface area contributed by atoms with E-state index in [1.54, 1.807) is 6.08 Å². The maximum Gasteiger partial charge on any atom is 0.338 e. The van der Waals surface area contributed by atoms with E-state index in [1.807, 2.05) is 61.5 Å². The molecule has 96 valence electrons. The topological polar surface area (TPSA) is 26.3 Å². The number of esters is 1. The Balaban J connectivity index is 2.57. The second-order valence-corrected chi connectivity index (χ2v) is 4.11. The van der Waals surface area contributed by atoms with Gasteiger partial charge in [-0.3, -0.25) is 0 Å². The van der Waals surface area contributed by atoms with Crippen LogP contribution in [0, 0.1) is 0 Å². The summed E-state index contributed by atoms with van der Waals surface area (Å²) in [5.74, 6) is -0.314. The van der Waals surface area contributed by atoms with Gasteiger partial charge < -0.3 is 4.74 Å². The van der Waals surface area contributed by atoms with E-state index in [-0.39, 0.29) is 5.97 Å². The first-order valence-electron chi connectivity index (χ1n) is 6.17. The van der Waals surface area contributed by atoms with Gasteiger partial charge in [0, 0.05) is 0 Å². The maximum atomic E-state index is 11.8. The van der Waals surface area contributed by atoms with Crippen molar-refractivity contribution in [3.63, 3.8) is 0 Å². The highest BCUT2D eigenvalue weighted by molar-refractivity contribution is 6.18. The lowest BCUT2D eigenvalue weighted by Crippen LogP contribution is -2.04. The average molecular weight is 252 g/mol. The first-order valence-corrected chi connectivity index (χ1v) is 6.17. The molecule has 0 bridgehead atoms. The predicted molar refractivity (Wildman–Crippen MR) is 77.5 cm³/mol. The Morgan fingerprint density at radius 2 is 1.63 bits per heavy atom. The molecule has 0 amide bonds. The molecular weight excluding hydrogens is 236 g/mol. The van der Waals surface area contributed by atoms with Crippen LogP contribution in [0.4, 0.5) is 0 Å². The van der Waals surface area contributed by atoms with Gasteiger partial charge in [-0.25, -0.2) is 4.79 Å². The molecule has 2 rings (SSSR count). The molecule has 0 saturated carbocycles. The van der Waals surface area contributed by atoms with Gasteiger partial charge in [0.05, 0.1) is 12.7 Å². The fourth-order valence-corrected chi connectivity index (χ4v) is 2.08. The number of hydrogen-bond acceptors (Lipinski definition) is 2. The Bertz CT molecular complexity index is 598. The number of carbonyl (C=O) groups excluding carboxylic acids is 1. The Morgan fingerprint density at radius 3 is 2.26 bits per heavy atom. The lowest BCUT2D eigenvalue weighted by atomic mass is 9.94. The van der Waals surface area contributed by atoms with Crippen LogP contribution in [0.15, 0.2) is 60.7 Å². The third-order valence-electron chi connectivity index (χ3n) is 3.00. The smallest absolute Gasteiger partial charge is 0.338 e. The van der Waals surface area contributed by atoms with Crippen molar-refractivity contribution in [2.24, 2.45) is 0 Å². The van der Waals surface area contributed by atoms with Crippen LogP contribution in [-0.2, 0) is 9.53 Å². The van der Waals surface area contributed by atoms with Crippen LogP contribution in [-0.4, -0.2) is 13.1 Å². The van der Waals surface area contributed by atoms with Crippen molar-refractivity contribution < 1.29 is 9.53 Å². The van der Waals surface area contributed by atoms with E-state index in [1.165, 1.54) is 7.11 Å². The Labute approximate surface area is 113 Å². The molecule has 0 aliphatic rings. The van der Waals surface area contributed by atoms with Crippen LogP contribution in [0.2, 0.25) is 0 Å². The number of methoxy groups -OCH3 is 1. The molecule has 0 N–H and O–H groups in total. The average Bonchev–Trinajstić information content (AvgIpc) is 2.49. The molecule has 2 aromatic rings. The second kappa shape index (κ2) is 6.01.